The first-order valence-corrected chi connectivity index (χ1v) is 2.88. The summed E-state index contributed by atoms with van der Waals surface area (Å²) in [6.07, 6.45) is 0. The van der Waals surface area contributed by atoms with E-state index in [2.05, 4.69) is 0 Å². The topological polar surface area (TPSA) is 17.1 Å². The lowest BCUT2D eigenvalue weighted by molar-refractivity contribution is -0.116. The predicted octanol–water partition coefficient (Wildman–Crippen LogP) is 1.42. The van der Waals surface area contributed by atoms with Crippen LogP contribution in [0, 0.1) is 0 Å². The first-order valence-electron chi connectivity index (χ1n) is 1.91. The Morgan fingerprint density at radius 1 is 1.86 bits per heavy atom. The molecule has 0 amide bonds. The molecule has 0 saturated carbocycles. The summed E-state index contributed by atoms with van der Waals surface area (Å²) in [5.74, 6) is -0.103. The SMILES string of the molecule is CC(Cl)C(=O)CCl. The third-order valence-electron chi connectivity index (χ3n) is 0.575. The van der Waals surface area contributed by atoms with Crippen LogP contribution in [-0.2, 0) is 4.79 Å². The van der Waals surface area contributed by atoms with Crippen molar-refractivity contribution < 1.29 is 4.79 Å². The average Bonchev–Trinajstić information content (AvgIpc) is 1.65. The molecule has 0 rings (SSSR count). The second-order valence-corrected chi connectivity index (χ2v) is 2.14. The molecule has 0 aliphatic carbocycles. The summed E-state index contributed by atoms with van der Waals surface area (Å²) < 4.78 is 0. The van der Waals surface area contributed by atoms with Crippen LogP contribution < -0.4 is 0 Å². The van der Waals surface area contributed by atoms with Gasteiger partial charge in [-0.25, -0.2) is 0 Å². The van der Waals surface area contributed by atoms with Gasteiger partial charge in [0, 0.05) is 0 Å². The normalized spacial score (nSPS) is 13.6. The molecular formula is C4H6Cl2O. The highest BCUT2D eigenvalue weighted by atomic mass is 35.5. The highest BCUT2D eigenvalue weighted by Gasteiger charge is 2.04. The molecule has 0 saturated heterocycles. The van der Waals surface area contributed by atoms with Crippen LogP contribution in [0.3, 0.4) is 0 Å². The van der Waals surface area contributed by atoms with Crippen LogP contribution in [0.1, 0.15) is 6.92 Å². The molecule has 0 heterocycles. The van der Waals surface area contributed by atoms with E-state index in [1.165, 1.54) is 0 Å². The molecule has 1 atom stereocenters. The summed E-state index contributed by atoms with van der Waals surface area (Å²) >= 11 is 10.4. The van der Waals surface area contributed by atoms with Crippen molar-refractivity contribution in [3.05, 3.63) is 0 Å². The van der Waals surface area contributed by atoms with Crippen molar-refractivity contribution in [2.45, 2.75) is 12.3 Å². The Balaban J connectivity index is 3.35. The van der Waals surface area contributed by atoms with Crippen LogP contribution in [0.5, 0.6) is 0 Å². The molecule has 0 aliphatic heterocycles. The third kappa shape index (κ3) is 2.89. The maximum atomic E-state index is 10.2. The number of hydrogen-bond acceptors (Lipinski definition) is 1. The first kappa shape index (κ1) is 7.25. The van der Waals surface area contributed by atoms with Gasteiger partial charge in [0.1, 0.15) is 0 Å². The monoisotopic (exact) mass is 140 g/mol. The molecule has 7 heavy (non-hydrogen) atoms. The van der Waals surface area contributed by atoms with Crippen LogP contribution in [0.4, 0.5) is 0 Å². The van der Waals surface area contributed by atoms with Crippen LogP contribution >= 0.6 is 23.2 Å². The van der Waals surface area contributed by atoms with Crippen LogP contribution in [0.25, 0.3) is 0 Å². The summed E-state index contributed by atoms with van der Waals surface area (Å²) in [6, 6.07) is 0. The van der Waals surface area contributed by atoms with Gasteiger partial charge in [-0.2, -0.15) is 0 Å². The highest BCUT2D eigenvalue weighted by Crippen LogP contribution is 1.95. The van der Waals surface area contributed by atoms with E-state index in [4.69, 9.17) is 23.2 Å². The first-order chi connectivity index (χ1) is 3.18. The number of carbonyl (C=O) groups excluding carboxylic acids is 1. The molecule has 3 heteroatoms. The fourth-order valence-corrected chi connectivity index (χ4v) is 0.494. The number of alkyl halides is 2. The zero-order valence-corrected chi connectivity index (χ0v) is 5.46. The molecule has 0 radical (unpaired) electrons. The Bertz CT molecular complexity index is 70.1. The van der Waals surface area contributed by atoms with Gasteiger partial charge in [-0.15, -0.1) is 23.2 Å². The lowest BCUT2D eigenvalue weighted by Crippen LogP contribution is -2.10. The van der Waals surface area contributed by atoms with E-state index in [9.17, 15) is 4.79 Å². The van der Waals surface area contributed by atoms with Gasteiger partial charge in [0.05, 0.1) is 11.3 Å². The summed E-state index contributed by atoms with van der Waals surface area (Å²) in [4.78, 5) is 10.2. The number of carbonyl (C=O) groups is 1. The fourth-order valence-electron chi connectivity index (χ4n) is 0.106. The van der Waals surface area contributed by atoms with Gasteiger partial charge in [0.2, 0.25) is 0 Å². The Kier molecular flexibility index (Phi) is 3.39. The second kappa shape index (κ2) is 3.28. The van der Waals surface area contributed by atoms with E-state index in [1.807, 2.05) is 0 Å². The van der Waals surface area contributed by atoms with Crippen LogP contribution in [0.15, 0.2) is 0 Å². The maximum Gasteiger partial charge on any atom is 0.165 e. The number of Topliss-reactive ketones (excluding diaryl/α,β-unsaturated/α-hetero) is 1. The van der Waals surface area contributed by atoms with E-state index in [0.717, 1.165) is 0 Å². The number of hydrogen-bond donors (Lipinski definition) is 0. The van der Waals surface area contributed by atoms with Crippen molar-refractivity contribution in [2.75, 3.05) is 5.88 Å². The van der Waals surface area contributed by atoms with Gasteiger partial charge in [-0.3, -0.25) is 4.79 Å². The molecule has 0 N–H and O–H groups in total. The highest BCUT2D eigenvalue weighted by molar-refractivity contribution is 6.37. The van der Waals surface area contributed by atoms with Gasteiger partial charge in [0.25, 0.3) is 0 Å². The Labute approximate surface area is 52.6 Å². The van der Waals surface area contributed by atoms with E-state index >= 15 is 0 Å². The van der Waals surface area contributed by atoms with Crippen LogP contribution in [-0.4, -0.2) is 17.0 Å². The van der Waals surface area contributed by atoms with E-state index < -0.39 is 5.38 Å². The maximum absolute atomic E-state index is 10.2. The summed E-state index contributed by atoms with van der Waals surface area (Å²) in [6.45, 7) is 1.60. The van der Waals surface area contributed by atoms with Gasteiger partial charge >= 0.3 is 0 Å². The van der Waals surface area contributed by atoms with Crippen molar-refractivity contribution in [1.82, 2.24) is 0 Å². The van der Waals surface area contributed by atoms with Gasteiger partial charge < -0.3 is 0 Å². The summed E-state index contributed by atoms with van der Waals surface area (Å²) in [5.41, 5.74) is 0. The van der Waals surface area contributed by atoms with Gasteiger partial charge in [-0.05, 0) is 6.92 Å². The molecule has 1 nitrogen and oxygen atoms in total. The average molecular weight is 141 g/mol. The largest absolute Gasteiger partial charge is 0.297 e. The Hall–Kier alpha value is 0.250. The molecule has 1 unspecified atom stereocenters. The smallest absolute Gasteiger partial charge is 0.165 e. The van der Waals surface area contributed by atoms with Crippen molar-refractivity contribution in [3.63, 3.8) is 0 Å². The Morgan fingerprint density at radius 2 is 2.29 bits per heavy atom. The van der Waals surface area contributed by atoms with Gasteiger partial charge in [-0.1, -0.05) is 0 Å². The van der Waals surface area contributed by atoms with Crippen LogP contribution in [0.2, 0.25) is 0 Å². The number of ketones is 1. The van der Waals surface area contributed by atoms with Crippen molar-refractivity contribution in [2.24, 2.45) is 0 Å². The molecule has 0 aromatic heterocycles. The molecule has 0 fully saturated rings. The minimum Gasteiger partial charge on any atom is -0.297 e. The molecule has 42 valence electrons. The molecule has 0 aromatic rings. The third-order valence-corrected chi connectivity index (χ3v) is 1.08. The zero-order valence-electron chi connectivity index (χ0n) is 3.95. The lowest BCUT2D eigenvalue weighted by atomic mass is 10.3. The minimum atomic E-state index is -0.433. The fraction of sp³-hybridized carbons (Fsp3) is 0.750. The number of rotatable bonds is 2. The Morgan fingerprint density at radius 3 is 2.29 bits per heavy atom. The lowest BCUT2D eigenvalue weighted by Gasteiger charge is -1.92. The molecule has 0 spiro atoms. The van der Waals surface area contributed by atoms with Crippen molar-refractivity contribution in [3.8, 4) is 0 Å². The van der Waals surface area contributed by atoms with E-state index in [1.54, 1.807) is 6.92 Å². The van der Waals surface area contributed by atoms with E-state index in [0.29, 0.717) is 0 Å². The van der Waals surface area contributed by atoms with E-state index in [-0.39, 0.29) is 11.7 Å². The molecule has 0 bridgehead atoms. The number of halogens is 2. The molecule has 0 aliphatic rings. The second-order valence-electron chi connectivity index (χ2n) is 1.22. The molecule has 0 aromatic carbocycles. The van der Waals surface area contributed by atoms with Crippen molar-refractivity contribution in [1.29, 1.82) is 0 Å². The summed E-state index contributed by atoms with van der Waals surface area (Å²) in [7, 11) is 0. The zero-order chi connectivity index (χ0) is 5.86. The summed E-state index contributed by atoms with van der Waals surface area (Å²) in [5, 5.41) is -0.433. The van der Waals surface area contributed by atoms with Gasteiger partial charge in [0.15, 0.2) is 5.78 Å². The molecular weight excluding hydrogens is 135 g/mol. The standard InChI is InChI=1S/C4H6Cl2O/c1-3(6)4(7)2-5/h3H,2H2,1H3. The predicted molar refractivity (Wildman–Crippen MR) is 31.0 cm³/mol. The quantitative estimate of drug-likeness (QED) is 0.531. The minimum absolute atomic E-state index is 0.0185. The van der Waals surface area contributed by atoms with Crippen molar-refractivity contribution >= 4 is 29.0 Å².